The first-order chi connectivity index (χ1) is 8.85. The van der Waals surface area contributed by atoms with Crippen molar-refractivity contribution in [2.24, 2.45) is 0 Å². The van der Waals surface area contributed by atoms with E-state index in [1.54, 1.807) is 12.3 Å². The van der Waals surface area contributed by atoms with E-state index in [-0.39, 0.29) is 13.2 Å². The van der Waals surface area contributed by atoms with Gasteiger partial charge >= 0.3 is 0 Å². The zero-order valence-corrected chi connectivity index (χ0v) is 9.80. The van der Waals surface area contributed by atoms with E-state index in [9.17, 15) is 0 Å². The number of hydrogen-bond donors (Lipinski definition) is 4. The van der Waals surface area contributed by atoms with Crippen molar-refractivity contribution >= 4 is 22.8 Å². The van der Waals surface area contributed by atoms with Gasteiger partial charge in [-0.1, -0.05) is 0 Å². The number of fused-ring (bicyclic) bond motifs is 1. The van der Waals surface area contributed by atoms with Gasteiger partial charge in [0.25, 0.3) is 0 Å². The van der Waals surface area contributed by atoms with Gasteiger partial charge in [-0.3, -0.25) is 0 Å². The molecule has 0 unspecified atom stereocenters. The molecule has 0 aliphatic carbocycles. The standard InChI is InChI=1S/C11H15N5O2/c17-6-4-13-10-11(14-5-7-18)16-9-8(15-10)2-1-3-12-9/h1-3,17-18H,4-7H2,(H,13,15)(H,12,14,16). The maximum atomic E-state index is 8.82. The Bertz CT molecular complexity index is 473. The van der Waals surface area contributed by atoms with Gasteiger partial charge in [0.15, 0.2) is 17.3 Å². The molecule has 0 atom stereocenters. The third kappa shape index (κ3) is 2.82. The minimum atomic E-state index is 0.00136. The summed E-state index contributed by atoms with van der Waals surface area (Å²) in [5.74, 6) is 1.06. The second-order valence-corrected chi connectivity index (χ2v) is 3.57. The van der Waals surface area contributed by atoms with Crippen LogP contribution in [-0.2, 0) is 0 Å². The van der Waals surface area contributed by atoms with Crippen LogP contribution < -0.4 is 10.6 Å². The lowest BCUT2D eigenvalue weighted by molar-refractivity contribution is 0.310. The van der Waals surface area contributed by atoms with Crippen molar-refractivity contribution < 1.29 is 10.2 Å². The highest BCUT2D eigenvalue weighted by molar-refractivity contribution is 5.76. The molecule has 7 nitrogen and oxygen atoms in total. The molecule has 2 aromatic heterocycles. The van der Waals surface area contributed by atoms with Gasteiger partial charge in [-0.15, -0.1) is 0 Å². The molecular weight excluding hydrogens is 234 g/mol. The van der Waals surface area contributed by atoms with Crippen LogP contribution in [0.2, 0.25) is 0 Å². The largest absolute Gasteiger partial charge is 0.395 e. The Hall–Kier alpha value is -1.99. The summed E-state index contributed by atoms with van der Waals surface area (Å²) in [6, 6.07) is 3.60. The predicted molar refractivity (Wildman–Crippen MR) is 68.5 cm³/mol. The summed E-state index contributed by atoms with van der Waals surface area (Å²) >= 11 is 0. The quantitative estimate of drug-likeness (QED) is 0.563. The fourth-order valence-corrected chi connectivity index (χ4v) is 1.49. The molecule has 0 aliphatic rings. The Morgan fingerprint density at radius 2 is 1.67 bits per heavy atom. The van der Waals surface area contributed by atoms with Crippen LogP contribution in [0, 0.1) is 0 Å². The molecule has 2 rings (SSSR count). The average Bonchev–Trinajstić information content (AvgIpc) is 2.42. The van der Waals surface area contributed by atoms with E-state index in [1.165, 1.54) is 0 Å². The van der Waals surface area contributed by atoms with Crippen LogP contribution in [0.1, 0.15) is 0 Å². The van der Waals surface area contributed by atoms with Crippen molar-refractivity contribution in [3.63, 3.8) is 0 Å². The number of anilines is 2. The molecule has 2 heterocycles. The second kappa shape index (κ2) is 6.08. The monoisotopic (exact) mass is 249 g/mol. The smallest absolute Gasteiger partial charge is 0.180 e. The first-order valence-electron chi connectivity index (χ1n) is 5.67. The lowest BCUT2D eigenvalue weighted by Gasteiger charge is -2.11. The van der Waals surface area contributed by atoms with E-state index in [2.05, 4.69) is 25.6 Å². The SMILES string of the molecule is OCCNc1nc2cccnc2nc1NCCO. The normalized spacial score (nSPS) is 10.6. The van der Waals surface area contributed by atoms with E-state index in [1.807, 2.05) is 6.07 Å². The molecule has 0 radical (unpaired) electrons. The molecule has 0 bridgehead atoms. The van der Waals surface area contributed by atoms with Crippen molar-refractivity contribution in [3.8, 4) is 0 Å². The number of pyridine rings is 1. The minimum absolute atomic E-state index is 0.00136. The minimum Gasteiger partial charge on any atom is -0.395 e. The molecule has 2 aromatic rings. The Labute approximate surface area is 104 Å². The lowest BCUT2D eigenvalue weighted by Crippen LogP contribution is -2.14. The summed E-state index contributed by atoms with van der Waals surface area (Å²) in [4.78, 5) is 12.8. The van der Waals surface area contributed by atoms with Gasteiger partial charge in [0.1, 0.15) is 5.52 Å². The maximum absolute atomic E-state index is 8.82. The first kappa shape index (κ1) is 12.5. The molecule has 4 N–H and O–H groups in total. The number of aromatic nitrogens is 3. The van der Waals surface area contributed by atoms with Crippen molar-refractivity contribution in [1.29, 1.82) is 0 Å². The van der Waals surface area contributed by atoms with Crippen molar-refractivity contribution in [3.05, 3.63) is 18.3 Å². The third-order valence-electron chi connectivity index (χ3n) is 2.25. The number of nitrogens with one attached hydrogen (secondary N) is 2. The molecule has 96 valence electrons. The lowest BCUT2D eigenvalue weighted by atomic mass is 10.4. The van der Waals surface area contributed by atoms with Gasteiger partial charge in [-0.25, -0.2) is 15.0 Å². The van der Waals surface area contributed by atoms with E-state index in [4.69, 9.17) is 10.2 Å². The molecule has 18 heavy (non-hydrogen) atoms. The molecule has 0 amide bonds. The summed E-state index contributed by atoms with van der Waals surface area (Å²) in [6.45, 7) is 0.767. The van der Waals surface area contributed by atoms with Gasteiger partial charge in [0.2, 0.25) is 0 Å². The molecule has 0 aromatic carbocycles. The summed E-state index contributed by atoms with van der Waals surface area (Å²) in [6.07, 6.45) is 1.65. The van der Waals surface area contributed by atoms with Gasteiger partial charge in [0.05, 0.1) is 13.2 Å². The predicted octanol–water partition coefficient (Wildman–Crippen LogP) is -0.167. The zero-order valence-electron chi connectivity index (χ0n) is 9.80. The Balaban J connectivity index is 2.35. The molecule has 0 fully saturated rings. The fourth-order valence-electron chi connectivity index (χ4n) is 1.49. The van der Waals surface area contributed by atoms with Gasteiger partial charge < -0.3 is 20.8 Å². The van der Waals surface area contributed by atoms with E-state index in [0.29, 0.717) is 35.9 Å². The summed E-state index contributed by atoms with van der Waals surface area (Å²) in [5.41, 5.74) is 1.21. The number of rotatable bonds is 6. The van der Waals surface area contributed by atoms with Gasteiger partial charge in [-0.2, -0.15) is 0 Å². The molecule has 0 saturated carbocycles. The highest BCUT2D eigenvalue weighted by Gasteiger charge is 2.08. The van der Waals surface area contributed by atoms with Crippen LogP contribution in [0.25, 0.3) is 11.2 Å². The second-order valence-electron chi connectivity index (χ2n) is 3.57. The number of aliphatic hydroxyl groups excluding tert-OH is 2. The van der Waals surface area contributed by atoms with Crippen molar-refractivity contribution in [1.82, 2.24) is 15.0 Å². The van der Waals surface area contributed by atoms with Crippen LogP contribution >= 0.6 is 0 Å². The third-order valence-corrected chi connectivity index (χ3v) is 2.25. The van der Waals surface area contributed by atoms with E-state index < -0.39 is 0 Å². The molecule has 7 heteroatoms. The number of aliphatic hydroxyl groups is 2. The zero-order chi connectivity index (χ0) is 12.8. The van der Waals surface area contributed by atoms with Crippen LogP contribution in [0.15, 0.2) is 18.3 Å². The average molecular weight is 249 g/mol. The molecular formula is C11H15N5O2. The van der Waals surface area contributed by atoms with Crippen molar-refractivity contribution in [2.45, 2.75) is 0 Å². The van der Waals surface area contributed by atoms with Crippen LogP contribution in [0.5, 0.6) is 0 Å². The number of hydrogen-bond acceptors (Lipinski definition) is 7. The number of nitrogens with zero attached hydrogens (tertiary/aromatic N) is 3. The van der Waals surface area contributed by atoms with Gasteiger partial charge in [-0.05, 0) is 12.1 Å². The molecule has 0 spiro atoms. The van der Waals surface area contributed by atoms with E-state index in [0.717, 1.165) is 0 Å². The Morgan fingerprint density at radius 1 is 1.00 bits per heavy atom. The fraction of sp³-hybridized carbons (Fsp3) is 0.364. The maximum Gasteiger partial charge on any atom is 0.180 e. The highest BCUT2D eigenvalue weighted by Crippen LogP contribution is 2.19. The summed E-state index contributed by atoms with van der Waals surface area (Å²) in [7, 11) is 0. The van der Waals surface area contributed by atoms with Crippen molar-refractivity contribution in [2.75, 3.05) is 36.9 Å². The first-order valence-corrected chi connectivity index (χ1v) is 5.67. The highest BCUT2D eigenvalue weighted by atomic mass is 16.3. The van der Waals surface area contributed by atoms with Crippen LogP contribution in [-0.4, -0.2) is 51.5 Å². The summed E-state index contributed by atoms with van der Waals surface area (Å²) in [5, 5.41) is 23.6. The van der Waals surface area contributed by atoms with E-state index >= 15 is 0 Å². The molecule has 0 aliphatic heterocycles. The Morgan fingerprint density at radius 3 is 2.33 bits per heavy atom. The molecule has 0 saturated heterocycles. The Kier molecular flexibility index (Phi) is 4.21. The van der Waals surface area contributed by atoms with Gasteiger partial charge in [0, 0.05) is 19.3 Å². The summed E-state index contributed by atoms with van der Waals surface area (Å²) < 4.78 is 0. The topological polar surface area (TPSA) is 103 Å². The van der Waals surface area contributed by atoms with Crippen LogP contribution in [0.3, 0.4) is 0 Å². The van der Waals surface area contributed by atoms with Crippen LogP contribution in [0.4, 0.5) is 11.6 Å².